The van der Waals surface area contributed by atoms with Crippen LogP contribution in [0.4, 0.5) is 5.69 Å². The number of carbonyl (C=O) groups excluding carboxylic acids is 1. The topological polar surface area (TPSA) is 75.3 Å². The van der Waals surface area contributed by atoms with Crippen molar-refractivity contribution in [3.63, 3.8) is 0 Å². The Hall–Kier alpha value is -1.66. The number of carbonyl (C=O) groups is 1. The summed E-state index contributed by atoms with van der Waals surface area (Å²) in [5, 5.41) is 2.89. The Morgan fingerprint density at radius 1 is 1.13 bits per heavy atom. The van der Waals surface area contributed by atoms with Crippen molar-refractivity contribution in [3.05, 3.63) is 36.4 Å². The van der Waals surface area contributed by atoms with Crippen LogP contribution >= 0.6 is 0 Å². The molecular formula is C17H20N2O3S. The minimum absolute atomic E-state index is 0.00782. The average Bonchev–Trinajstić information content (AvgIpc) is 3.07. The Morgan fingerprint density at radius 3 is 2.61 bits per heavy atom. The first-order valence-electron chi connectivity index (χ1n) is 8.13. The minimum Gasteiger partial charge on any atom is -0.326 e. The molecule has 2 bridgehead atoms. The number of rotatable bonds is 5. The molecule has 6 heteroatoms. The molecule has 3 aliphatic rings. The second-order valence-electron chi connectivity index (χ2n) is 6.80. The number of amides is 1. The average molecular weight is 332 g/mol. The van der Waals surface area contributed by atoms with Gasteiger partial charge in [-0.3, -0.25) is 4.79 Å². The SMILES string of the molecule is O=C(Nc1cccc(S(=O)(=O)NC2CC2)c1)[C@H]1C[C@H]2C=C[C@H]1C2. The van der Waals surface area contributed by atoms with Crippen LogP contribution in [0.5, 0.6) is 0 Å². The van der Waals surface area contributed by atoms with Crippen LogP contribution in [-0.2, 0) is 14.8 Å². The lowest BCUT2D eigenvalue weighted by atomic mass is 9.93. The van der Waals surface area contributed by atoms with E-state index in [9.17, 15) is 13.2 Å². The fraction of sp³-hybridized carbons (Fsp3) is 0.471. The maximum atomic E-state index is 12.4. The first-order chi connectivity index (χ1) is 11.0. The van der Waals surface area contributed by atoms with Crippen molar-refractivity contribution in [2.75, 3.05) is 5.32 Å². The molecule has 0 radical (unpaired) electrons. The van der Waals surface area contributed by atoms with Crippen molar-refractivity contribution < 1.29 is 13.2 Å². The number of nitrogens with one attached hydrogen (secondary N) is 2. The molecule has 2 saturated carbocycles. The summed E-state index contributed by atoms with van der Waals surface area (Å²) < 4.78 is 27.2. The van der Waals surface area contributed by atoms with Crippen LogP contribution in [0.15, 0.2) is 41.3 Å². The highest BCUT2D eigenvalue weighted by Gasteiger charge is 2.39. The molecule has 0 heterocycles. The van der Waals surface area contributed by atoms with Crippen LogP contribution in [0.3, 0.4) is 0 Å². The summed E-state index contributed by atoms with van der Waals surface area (Å²) in [5.74, 6) is 0.870. The van der Waals surface area contributed by atoms with Crippen LogP contribution < -0.4 is 10.0 Å². The van der Waals surface area contributed by atoms with Crippen molar-refractivity contribution in [1.29, 1.82) is 0 Å². The van der Waals surface area contributed by atoms with E-state index in [2.05, 4.69) is 22.2 Å². The normalized spacial score (nSPS) is 29.0. The number of fused-ring (bicyclic) bond motifs is 2. The molecule has 0 aromatic heterocycles. The summed E-state index contributed by atoms with van der Waals surface area (Å²) >= 11 is 0. The number of anilines is 1. The monoisotopic (exact) mass is 332 g/mol. The predicted molar refractivity (Wildman–Crippen MR) is 87.3 cm³/mol. The molecule has 0 saturated heterocycles. The van der Waals surface area contributed by atoms with E-state index < -0.39 is 10.0 Å². The zero-order valence-corrected chi connectivity index (χ0v) is 13.6. The van der Waals surface area contributed by atoms with E-state index >= 15 is 0 Å². The Labute approximate surface area is 136 Å². The second-order valence-corrected chi connectivity index (χ2v) is 8.51. The molecule has 23 heavy (non-hydrogen) atoms. The van der Waals surface area contributed by atoms with Crippen molar-refractivity contribution in [3.8, 4) is 0 Å². The van der Waals surface area contributed by atoms with Gasteiger partial charge in [0.05, 0.1) is 4.90 Å². The molecule has 3 aliphatic carbocycles. The molecule has 0 spiro atoms. The van der Waals surface area contributed by atoms with E-state index in [1.165, 1.54) is 6.07 Å². The lowest BCUT2D eigenvalue weighted by Crippen LogP contribution is -2.27. The van der Waals surface area contributed by atoms with Gasteiger partial charge in [-0.1, -0.05) is 18.2 Å². The third-order valence-corrected chi connectivity index (χ3v) is 6.44. The fourth-order valence-electron chi connectivity index (χ4n) is 3.55. The zero-order valence-electron chi connectivity index (χ0n) is 12.7. The van der Waals surface area contributed by atoms with Crippen LogP contribution in [0.2, 0.25) is 0 Å². The zero-order chi connectivity index (χ0) is 16.0. The van der Waals surface area contributed by atoms with E-state index in [-0.39, 0.29) is 22.8 Å². The minimum atomic E-state index is -3.50. The number of hydrogen-bond donors (Lipinski definition) is 2. The lowest BCUT2D eigenvalue weighted by Gasteiger charge is -2.18. The Balaban J connectivity index is 1.48. The molecule has 122 valence electrons. The molecule has 2 N–H and O–H groups in total. The van der Waals surface area contributed by atoms with Gasteiger partial charge in [-0.25, -0.2) is 13.1 Å². The smallest absolute Gasteiger partial charge is 0.240 e. The molecule has 4 rings (SSSR count). The summed E-state index contributed by atoms with van der Waals surface area (Å²) in [5.41, 5.74) is 0.542. The highest BCUT2D eigenvalue weighted by molar-refractivity contribution is 7.89. The lowest BCUT2D eigenvalue weighted by molar-refractivity contribution is -0.120. The van der Waals surface area contributed by atoms with Crippen LogP contribution in [0.1, 0.15) is 25.7 Å². The van der Waals surface area contributed by atoms with Crippen LogP contribution in [0.25, 0.3) is 0 Å². The molecule has 0 unspecified atom stereocenters. The van der Waals surface area contributed by atoms with Gasteiger partial charge in [0.2, 0.25) is 15.9 Å². The Morgan fingerprint density at radius 2 is 1.96 bits per heavy atom. The second kappa shape index (κ2) is 5.46. The van der Waals surface area contributed by atoms with Crippen LogP contribution in [-0.4, -0.2) is 20.4 Å². The van der Waals surface area contributed by atoms with Gasteiger partial charge in [-0.15, -0.1) is 0 Å². The van der Waals surface area contributed by atoms with Gasteiger partial charge in [0.15, 0.2) is 0 Å². The summed E-state index contributed by atoms with van der Waals surface area (Å²) in [6.07, 6.45) is 8.09. The summed E-state index contributed by atoms with van der Waals surface area (Å²) in [7, 11) is -3.50. The molecule has 0 aliphatic heterocycles. The van der Waals surface area contributed by atoms with Gasteiger partial charge in [0.1, 0.15) is 0 Å². The quantitative estimate of drug-likeness (QED) is 0.812. The number of sulfonamides is 1. The van der Waals surface area contributed by atoms with Gasteiger partial charge in [0, 0.05) is 17.6 Å². The number of hydrogen-bond acceptors (Lipinski definition) is 3. The molecule has 3 atom stereocenters. The largest absolute Gasteiger partial charge is 0.326 e. The molecule has 1 aromatic carbocycles. The molecule has 1 amide bonds. The third-order valence-electron chi connectivity index (χ3n) is 4.93. The van der Waals surface area contributed by atoms with Gasteiger partial charge >= 0.3 is 0 Å². The molecular weight excluding hydrogens is 312 g/mol. The fourth-order valence-corrected chi connectivity index (χ4v) is 4.90. The van der Waals surface area contributed by atoms with Gasteiger partial charge in [-0.2, -0.15) is 0 Å². The first kappa shape index (κ1) is 14.9. The maximum Gasteiger partial charge on any atom is 0.240 e. The third kappa shape index (κ3) is 3.05. The highest BCUT2D eigenvalue weighted by Crippen LogP contribution is 2.43. The molecule has 5 nitrogen and oxygen atoms in total. The van der Waals surface area contributed by atoms with E-state index in [1.54, 1.807) is 18.2 Å². The van der Waals surface area contributed by atoms with Gasteiger partial charge in [0.25, 0.3) is 0 Å². The number of allylic oxidation sites excluding steroid dienone is 2. The summed E-state index contributed by atoms with van der Waals surface area (Å²) in [6, 6.07) is 6.56. The van der Waals surface area contributed by atoms with Crippen LogP contribution in [0, 0.1) is 17.8 Å². The molecule has 1 aromatic rings. The van der Waals surface area contributed by atoms with E-state index in [1.807, 2.05) is 0 Å². The number of benzene rings is 1. The summed E-state index contributed by atoms with van der Waals surface area (Å²) in [4.78, 5) is 12.6. The van der Waals surface area contributed by atoms with Gasteiger partial charge in [-0.05, 0) is 55.7 Å². The first-order valence-corrected chi connectivity index (χ1v) is 9.61. The Bertz CT molecular complexity index is 768. The summed E-state index contributed by atoms with van der Waals surface area (Å²) in [6.45, 7) is 0. The Kier molecular flexibility index (Phi) is 3.54. The van der Waals surface area contributed by atoms with Crippen molar-refractivity contribution in [2.45, 2.75) is 36.6 Å². The van der Waals surface area contributed by atoms with E-state index in [0.717, 1.165) is 25.7 Å². The maximum absolute atomic E-state index is 12.4. The predicted octanol–water partition coefficient (Wildman–Crippen LogP) is 2.28. The van der Waals surface area contributed by atoms with Crippen molar-refractivity contribution in [1.82, 2.24) is 4.72 Å². The van der Waals surface area contributed by atoms with E-state index in [0.29, 0.717) is 17.5 Å². The van der Waals surface area contributed by atoms with E-state index in [4.69, 9.17) is 0 Å². The highest BCUT2D eigenvalue weighted by atomic mass is 32.2. The standard InChI is InChI=1S/C17H20N2O3S/c20-17(16-9-11-4-5-12(16)8-11)18-14-2-1-3-15(10-14)23(21,22)19-13-6-7-13/h1-5,10-13,16,19H,6-9H2,(H,18,20)/t11-,12-,16-/m0/s1. The van der Waals surface area contributed by atoms with Crippen molar-refractivity contribution >= 4 is 21.6 Å². The van der Waals surface area contributed by atoms with Gasteiger partial charge < -0.3 is 5.32 Å². The van der Waals surface area contributed by atoms with Crippen molar-refractivity contribution in [2.24, 2.45) is 17.8 Å². The molecule has 2 fully saturated rings.